The van der Waals surface area contributed by atoms with Crippen molar-refractivity contribution in [1.29, 1.82) is 0 Å². The number of methoxy groups -OCH3 is 2. The van der Waals surface area contributed by atoms with E-state index in [1.807, 2.05) is 0 Å². The summed E-state index contributed by atoms with van der Waals surface area (Å²) in [6.45, 7) is 2.10. The second-order valence-electron chi connectivity index (χ2n) is 7.12. The summed E-state index contributed by atoms with van der Waals surface area (Å²) in [7, 11) is 3.01. The lowest BCUT2D eigenvalue weighted by molar-refractivity contribution is -0.120. The zero-order valence-electron chi connectivity index (χ0n) is 16.7. The molecule has 0 saturated carbocycles. The lowest BCUT2D eigenvalue weighted by Crippen LogP contribution is -2.49. The summed E-state index contributed by atoms with van der Waals surface area (Å²) in [6.07, 6.45) is 0.904. The van der Waals surface area contributed by atoms with E-state index in [-0.39, 0.29) is 23.9 Å². The molecule has 2 atom stereocenters. The Morgan fingerprint density at radius 3 is 2.50 bits per heavy atom. The van der Waals surface area contributed by atoms with Crippen LogP contribution in [0.4, 0.5) is 10.5 Å². The van der Waals surface area contributed by atoms with Crippen LogP contribution in [0.3, 0.4) is 0 Å². The molecule has 0 radical (unpaired) electrons. The fourth-order valence-corrected chi connectivity index (χ4v) is 4.34. The van der Waals surface area contributed by atoms with Gasteiger partial charge in [-0.3, -0.25) is 9.59 Å². The number of nitrogens with zero attached hydrogens (tertiary/aromatic N) is 4. The molecular weight excluding hydrogens is 410 g/mol. The summed E-state index contributed by atoms with van der Waals surface area (Å²) in [4.78, 5) is 41.7. The third kappa shape index (κ3) is 3.45. The highest BCUT2D eigenvalue weighted by Crippen LogP contribution is 2.35. The molecule has 11 heteroatoms. The Labute approximate surface area is 176 Å². The largest absolute Gasteiger partial charge is 0.497 e. The minimum absolute atomic E-state index is 0.225. The number of ether oxygens (including phenoxy) is 2. The van der Waals surface area contributed by atoms with E-state index in [4.69, 9.17) is 9.47 Å². The van der Waals surface area contributed by atoms with Crippen molar-refractivity contribution in [1.82, 2.24) is 19.8 Å². The van der Waals surface area contributed by atoms with Crippen molar-refractivity contribution in [2.45, 2.75) is 31.8 Å². The molecule has 0 spiro atoms. The maximum Gasteiger partial charge on any atom is 0.332 e. The van der Waals surface area contributed by atoms with Crippen LogP contribution < -0.4 is 19.7 Å². The number of amides is 4. The van der Waals surface area contributed by atoms with E-state index in [1.54, 1.807) is 30.0 Å². The Hall–Kier alpha value is -3.21. The van der Waals surface area contributed by atoms with Crippen LogP contribution in [-0.2, 0) is 4.79 Å². The Morgan fingerprint density at radius 1 is 1.20 bits per heavy atom. The Balaban J connectivity index is 1.52. The van der Waals surface area contributed by atoms with E-state index in [0.29, 0.717) is 47.1 Å². The van der Waals surface area contributed by atoms with Crippen molar-refractivity contribution in [3.8, 4) is 11.5 Å². The normalized spacial score (nSPS) is 20.9. The molecule has 0 bridgehead atoms. The minimum Gasteiger partial charge on any atom is -0.497 e. The van der Waals surface area contributed by atoms with Gasteiger partial charge in [0.15, 0.2) is 0 Å². The predicted octanol–water partition coefficient (Wildman–Crippen LogP) is 1.59. The minimum atomic E-state index is -0.630. The Morgan fingerprint density at radius 2 is 1.90 bits per heavy atom. The van der Waals surface area contributed by atoms with E-state index >= 15 is 0 Å². The molecular formula is C19H21N5O5S. The number of carbonyl (C=O) groups is 3. The fourth-order valence-electron chi connectivity index (χ4n) is 3.78. The molecule has 3 heterocycles. The van der Waals surface area contributed by atoms with Gasteiger partial charge in [0, 0.05) is 30.8 Å². The van der Waals surface area contributed by atoms with Gasteiger partial charge in [-0.2, -0.15) is 0 Å². The lowest BCUT2D eigenvalue weighted by atomic mass is 9.98. The maximum atomic E-state index is 13.1. The number of imide groups is 1. The Bertz CT molecular complexity index is 987. The first-order valence-corrected chi connectivity index (χ1v) is 10.2. The monoisotopic (exact) mass is 431 g/mol. The number of hydrogen-bond acceptors (Lipinski definition) is 8. The number of fused-ring (bicyclic) bond motifs is 1. The van der Waals surface area contributed by atoms with Gasteiger partial charge in [-0.25, -0.2) is 9.69 Å². The number of rotatable bonds is 5. The summed E-state index contributed by atoms with van der Waals surface area (Å²) in [5.74, 6) is 0.374. The van der Waals surface area contributed by atoms with Crippen LogP contribution >= 0.6 is 11.5 Å². The number of urea groups is 1. The molecule has 30 heavy (non-hydrogen) atoms. The Kier molecular flexibility index (Phi) is 5.29. The highest BCUT2D eigenvalue weighted by molar-refractivity contribution is 7.08. The quantitative estimate of drug-likeness (QED) is 0.715. The maximum absolute atomic E-state index is 13.1. The van der Waals surface area contributed by atoms with Gasteiger partial charge in [-0.1, -0.05) is 4.49 Å². The van der Waals surface area contributed by atoms with Crippen LogP contribution in [0.1, 0.15) is 28.2 Å². The SMILES string of the molecule is COc1cc(OC)cc(N2C(=O)[C@@H]3C[C@@H](NC(=O)c4snnc4C)CCN3C2=O)c1. The van der Waals surface area contributed by atoms with Gasteiger partial charge in [0.25, 0.3) is 11.8 Å². The van der Waals surface area contributed by atoms with Crippen molar-refractivity contribution >= 4 is 35.1 Å². The van der Waals surface area contributed by atoms with Crippen molar-refractivity contribution in [2.24, 2.45) is 0 Å². The average Bonchev–Trinajstić information content (AvgIpc) is 3.28. The molecule has 158 valence electrons. The van der Waals surface area contributed by atoms with Gasteiger partial charge in [0.05, 0.1) is 25.6 Å². The molecule has 0 unspecified atom stereocenters. The zero-order chi connectivity index (χ0) is 21.4. The van der Waals surface area contributed by atoms with E-state index in [0.717, 1.165) is 16.4 Å². The molecule has 2 fully saturated rings. The number of carbonyl (C=O) groups excluding carboxylic acids is 3. The van der Waals surface area contributed by atoms with Crippen LogP contribution in [0.25, 0.3) is 0 Å². The van der Waals surface area contributed by atoms with Gasteiger partial charge in [0.1, 0.15) is 22.4 Å². The number of aryl methyl sites for hydroxylation is 1. The first-order chi connectivity index (χ1) is 14.4. The molecule has 2 aliphatic rings. The number of nitrogens with one attached hydrogen (secondary N) is 1. The molecule has 4 amide bonds. The highest BCUT2D eigenvalue weighted by Gasteiger charge is 2.49. The summed E-state index contributed by atoms with van der Waals surface area (Å²) in [6, 6.07) is 3.67. The first kappa shape index (κ1) is 20.1. The number of aromatic nitrogens is 2. The summed E-state index contributed by atoms with van der Waals surface area (Å²) >= 11 is 1.03. The van der Waals surface area contributed by atoms with Crippen LogP contribution in [0.5, 0.6) is 11.5 Å². The standard InChI is InChI=1S/C19H21N5O5S/c1-10-16(30-22-21-10)17(25)20-11-4-5-23-15(6-11)18(26)24(19(23)27)12-7-13(28-2)9-14(8-12)29-3/h7-9,11,15H,4-6H2,1-3H3,(H,20,25)/t11-,15-/m0/s1. The highest BCUT2D eigenvalue weighted by atomic mass is 32.1. The zero-order valence-corrected chi connectivity index (χ0v) is 17.6. The van der Waals surface area contributed by atoms with E-state index in [9.17, 15) is 14.4 Å². The van der Waals surface area contributed by atoms with Gasteiger partial charge < -0.3 is 19.7 Å². The van der Waals surface area contributed by atoms with Crippen LogP contribution in [0.2, 0.25) is 0 Å². The van der Waals surface area contributed by atoms with Crippen LogP contribution in [0.15, 0.2) is 18.2 Å². The van der Waals surface area contributed by atoms with E-state index in [1.165, 1.54) is 14.2 Å². The van der Waals surface area contributed by atoms with Crippen molar-refractivity contribution in [2.75, 3.05) is 25.7 Å². The van der Waals surface area contributed by atoms with Crippen LogP contribution in [0, 0.1) is 6.92 Å². The molecule has 2 aromatic rings. The fraction of sp³-hybridized carbons (Fsp3) is 0.421. The number of anilines is 1. The molecule has 2 saturated heterocycles. The third-order valence-electron chi connectivity index (χ3n) is 5.33. The molecule has 4 rings (SSSR count). The second kappa shape index (κ2) is 7.90. The summed E-state index contributed by atoms with van der Waals surface area (Å²) in [5.41, 5.74) is 0.961. The molecule has 1 N–H and O–H groups in total. The summed E-state index contributed by atoms with van der Waals surface area (Å²) in [5, 5.41) is 6.80. The molecule has 1 aromatic heterocycles. The third-order valence-corrected chi connectivity index (χ3v) is 6.16. The number of benzene rings is 1. The second-order valence-corrected chi connectivity index (χ2v) is 7.87. The smallest absolute Gasteiger partial charge is 0.332 e. The predicted molar refractivity (Wildman–Crippen MR) is 108 cm³/mol. The van der Waals surface area contributed by atoms with Crippen molar-refractivity contribution in [3.05, 3.63) is 28.8 Å². The topological polar surface area (TPSA) is 114 Å². The number of piperidine rings is 1. The van der Waals surface area contributed by atoms with Gasteiger partial charge in [-0.05, 0) is 31.3 Å². The van der Waals surface area contributed by atoms with Gasteiger partial charge >= 0.3 is 6.03 Å². The average molecular weight is 431 g/mol. The van der Waals surface area contributed by atoms with Crippen molar-refractivity contribution < 1.29 is 23.9 Å². The lowest BCUT2D eigenvalue weighted by Gasteiger charge is -2.32. The van der Waals surface area contributed by atoms with E-state index < -0.39 is 6.04 Å². The summed E-state index contributed by atoms with van der Waals surface area (Å²) < 4.78 is 14.3. The first-order valence-electron chi connectivity index (χ1n) is 9.40. The molecule has 0 aliphatic carbocycles. The molecule has 1 aromatic carbocycles. The molecule has 10 nitrogen and oxygen atoms in total. The van der Waals surface area contributed by atoms with Crippen LogP contribution in [-0.4, -0.2) is 65.2 Å². The van der Waals surface area contributed by atoms with Crippen molar-refractivity contribution in [3.63, 3.8) is 0 Å². The van der Waals surface area contributed by atoms with Gasteiger partial charge in [0.2, 0.25) is 0 Å². The van der Waals surface area contributed by atoms with Gasteiger partial charge in [-0.15, -0.1) is 5.10 Å². The molecule has 2 aliphatic heterocycles. The number of hydrogen-bond donors (Lipinski definition) is 1. The van der Waals surface area contributed by atoms with E-state index in [2.05, 4.69) is 14.9 Å².